The van der Waals surface area contributed by atoms with Crippen molar-refractivity contribution < 1.29 is 14.3 Å². The quantitative estimate of drug-likeness (QED) is 0.520. The number of hydrazine groups is 1. The fourth-order valence-electron chi connectivity index (χ4n) is 4.51. The third kappa shape index (κ3) is 4.92. The number of piperidine rings is 1. The second kappa shape index (κ2) is 9.61. The first-order valence-corrected chi connectivity index (χ1v) is 11.4. The van der Waals surface area contributed by atoms with E-state index in [1.165, 1.54) is 17.7 Å². The van der Waals surface area contributed by atoms with Crippen molar-refractivity contribution in [3.05, 3.63) is 94.9 Å². The van der Waals surface area contributed by atoms with E-state index >= 15 is 0 Å². The van der Waals surface area contributed by atoms with Gasteiger partial charge in [-0.15, -0.1) is 0 Å². The topological polar surface area (TPSA) is 89.8 Å². The summed E-state index contributed by atoms with van der Waals surface area (Å²) in [6.07, 6.45) is 3.71. The molecule has 0 saturated carbocycles. The van der Waals surface area contributed by atoms with Crippen molar-refractivity contribution in [1.82, 2.24) is 15.8 Å². The Labute approximate surface area is 197 Å². The van der Waals surface area contributed by atoms with Crippen molar-refractivity contribution in [3.8, 4) is 0 Å². The monoisotopic (exact) mass is 459 g/mol. The summed E-state index contributed by atoms with van der Waals surface area (Å²) >= 11 is 0. The molecule has 0 radical (unpaired) electrons. The second-order valence-corrected chi connectivity index (χ2v) is 8.68. The van der Waals surface area contributed by atoms with E-state index in [2.05, 4.69) is 37.9 Å². The lowest BCUT2D eigenvalue weighted by molar-refractivity contribution is -0.136. The standard InChI is InChI=1S/C26H26FN5O2/c27-22-8-5-20(6-9-22)25-29-26(31-30-25)21-7-10-23(28-16-21)32-13-11-19(12-14-32)18-3-1-17(2-4-18)15-24(33)34/h1-10,16,19,26,31H,11-15H2,(H,29,30)(H,33,34). The van der Waals surface area contributed by atoms with E-state index in [-0.39, 0.29) is 18.4 Å². The Bertz CT molecular complexity index is 1170. The fraction of sp³-hybridized carbons (Fsp3) is 0.269. The molecule has 1 unspecified atom stereocenters. The Morgan fingerprint density at radius 3 is 2.35 bits per heavy atom. The Balaban J connectivity index is 1.18. The van der Waals surface area contributed by atoms with Crippen LogP contribution in [0.4, 0.5) is 10.2 Å². The van der Waals surface area contributed by atoms with E-state index in [1.54, 1.807) is 12.1 Å². The van der Waals surface area contributed by atoms with Crippen molar-refractivity contribution in [3.63, 3.8) is 0 Å². The van der Waals surface area contributed by atoms with Crippen molar-refractivity contribution in [1.29, 1.82) is 0 Å². The summed E-state index contributed by atoms with van der Waals surface area (Å²) in [7, 11) is 0. The van der Waals surface area contributed by atoms with Crippen molar-refractivity contribution >= 4 is 17.6 Å². The SMILES string of the molecule is O=C(O)Cc1ccc(C2CCN(c3ccc(C4N=C(c5ccc(F)cc5)NN4)cn3)CC2)cc1. The van der Waals surface area contributed by atoms with Crippen molar-refractivity contribution in [2.45, 2.75) is 31.3 Å². The summed E-state index contributed by atoms with van der Waals surface area (Å²) in [5, 5.41) is 8.93. The van der Waals surface area contributed by atoms with E-state index in [0.29, 0.717) is 11.8 Å². The molecule has 7 nitrogen and oxygen atoms in total. The molecule has 0 amide bonds. The maximum absolute atomic E-state index is 13.2. The van der Waals surface area contributed by atoms with Gasteiger partial charge in [0.2, 0.25) is 0 Å². The van der Waals surface area contributed by atoms with Gasteiger partial charge in [0.05, 0.1) is 6.42 Å². The van der Waals surface area contributed by atoms with Gasteiger partial charge in [0.1, 0.15) is 23.6 Å². The maximum atomic E-state index is 13.2. The predicted octanol–water partition coefficient (Wildman–Crippen LogP) is 3.79. The molecule has 2 aromatic carbocycles. The highest BCUT2D eigenvalue weighted by molar-refractivity contribution is 5.99. The van der Waals surface area contributed by atoms with Gasteiger partial charge in [-0.1, -0.05) is 30.3 Å². The van der Waals surface area contributed by atoms with Crippen LogP contribution < -0.4 is 15.8 Å². The highest BCUT2D eigenvalue weighted by atomic mass is 19.1. The Morgan fingerprint density at radius 2 is 1.71 bits per heavy atom. The molecule has 3 N–H and O–H groups in total. The minimum absolute atomic E-state index is 0.0612. The van der Waals surface area contributed by atoms with E-state index in [0.717, 1.165) is 48.4 Å². The number of aliphatic carboxylic acids is 1. The van der Waals surface area contributed by atoms with E-state index < -0.39 is 5.97 Å². The van der Waals surface area contributed by atoms with Gasteiger partial charge >= 0.3 is 5.97 Å². The lowest BCUT2D eigenvalue weighted by atomic mass is 9.89. The molecule has 0 aliphatic carbocycles. The number of carboxylic acids is 1. The van der Waals surface area contributed by atoms with Crippen molar-refractivity contribution in [2.75, 3.05) is 18.0 Å². The zero-order valence-electron chi connectivity index (χ0n) is 18.6. The Morgan fingerprint density at radius 1 is 1.00 bits per heavy atom. The number of rotatable bonds is 6. The molecule has 5 rings (SSSR count). The van der Waals surface area contributed by atoms with Crippen LogP contribution in [-0.4, -0.2) is 35.0 Å². The third-order valence-electron chi connectivity index (χ3n) is 6.42. The number of carbonyl (C=O) groups is 1. The normalized spacial score (nSPS) is 18.4. The van der Waals surface area contributed by atoms with Crippen LogP contribution in [0.25, 0.3) is 0 Å². The number of nitrogens with zero attached hydrogens (tertiary/aromatic N) is 3. The van der Waals surface area contributed by atoms with Gasteiger partial charge in [-0.2, -0.15) is 0 Å². The van der Waals surface area contributed by atoms with Crippen LogP contribution in [0.2, 0.25) is 0 Å². The van der Waals surface area contributed by atoms with Gasteiger partial charge in [0, 0.05) is 30.4 Å². The summed E-state index contributed by atoms with van der Waals surface area (Å²) in [5.74, 6) is 1.02. The first-order valence-electron chi connectivity index (χ1n) is 11.4. The third-order valence-corrected chi connectivity index (χ3v) is 6.42. The molecule has 1 aromatic heterocycles. The minimum Gasteiger partial charge on any atom is -0.481 e. The van der Waals surface area contributed by atoms with Gasteiger partial charge in [-0.05, 0) is 60.2 Å². The van der Waals surface area contributed by atoms with Crippen LogP contribution in [0.15, 0.2) is 71.9 Å². The smallest absolute Gasteiger partial charge is 0.307 e. The molecule has 0 bridgehead atoms. The van der Waals surface area contributed by atoms with Gasteiger partial charge < -0.3 is 15.4 Å². The summed E-state index contributed by atoms with van der Waals surface area (Å²) in [5.41, 5.74) is 10.1. The summed E-state index contributed by atoms with van der Waals surface area (Å²) in [6.45, 7) is 1.84. The summed E-state index contributed by atoms with van der Waals surface area (Å²) in [6, 6.07) is 18.3. The molecule has 1 atom stereocenters. The number of nitrogens with one attached hydrogen (secondary N) is 2. The van der Waals surface area contributed by atoms with Crippen LogP contribution in [0, 0.1) is 5.82 Å². The number of anilines is 1. The minimum atomic E-state index is -0.806. The van der Waals surface area contributed by atoms with Crippen molar-refractivity contribution in [2.24, 2.45) is 4.99 Å². The number of amidine groups is 1. The zero-order valence-corrected chi connectivity index (χ0v) is 18.6. The van der Waals surface area contributed by atoms with Gasteiger partial charge in [0.25, 0.3) is 0 Å². The molecule has 0 spiro atoms. The van der Waals surface area contributed by atoms with Gasteiger partial charge in [-0.25, -0.2) is 19.8 Å². The molecular weight excluding hydrogens is 433 g/mol. The van der Waals surface area contributed by atoms with E-state index in [1.807, 2.05) is 30.5 Å². The molecule has 1 fully saturated rings. The molecule has 8 heteroatoms. The number of hydrogen-bond acceptors (Lipinski definition) is 6. The Hall–Kier alpha value is -3.78. The first-order chi connectivity index (χ1) is 16.5. The lowest BCUT2D eigenvalue weighted by Gasteiger charge is -2.33. The number of hydrogen-bond donors (Lipinski definition) is 3. The van der Waals surface area contributed by atoms with Crippen LogP contribution in [0.1, 0.15) is 47.2 Å². The summed E-state index contributed by atoms with van der Waals surface area (Å²) in [4.78, 5) is 22.5. The molecule has 2 aliphatic rings. The van der Waals surface area contributed by atoms with E-state index in [9.17, 15) is 9.18 Å². The second-order valence-electron chi connectivity index (χ2n) is 8.68. The number of pyridine rings is 1. The fourth-order valence-corrected chi connectivity index (χ4v) is 4.51. The van der Waals surface area contributed by atoms with Gasteiger partial charge in [-0.3, -0.25) is 4.79 Å². The summed E-state index contributed by atoms with van der Waals surface area (Å²) < 4.78 is 13.2. The Kier molecular flexibility index (Phi) is 6.22. The average molecular weight is 460 g/mol. The molecular formula is C26H26FN5O2. The molecule has 2 aliphatic heterocycles. The van der Waals surface area contributed by atoms with Crippen LogP contribution in [-0.2, 0) is 11.2 Å². The van der Waals surface area contributed by atoms with Crippen LogP contribution in [0.5, 0.6) is 0 Å². The highest BCUT2D eigenvalue weighted by Crippen LogP contribution is 2.30. The number of aromatic nitrogens is 1. The van der Waals surface area contributed by atoms with Gasteiger partial charge in [0.15, 0.2) is 0 Å². The molecule has 34 heavy (non-hydrogen) atoms. The number of benzene rings is 2. The molecule has 1 saturated heterocycles. The van der Waals surface area contributed by atoms with Crippen LogP contribution >= 0.6 is 0 Å². The largest absolute Gasteiger partial charge is 0.481 e. The first kappa shape index (κ1) is 22.0. The van der Waals surface area contributed by atoms with Crippen LogP contribution in [0.3, 0.4) is 0 Å². The molecule has 3 heterocycles. The number of aliphatic imine (C=N–C) groups is 1. The molecule has 3 aromatic rings. The number of carboxylic acid groups (broad SMARTS) is 1. The highest BCUT2D eigenvalue weighted by Gasteiger charge is 2.23. The molecule has 174 valence electrons. The van der Waals surface area contributed by atoms with E-state index in [4.69, 9.17) is 5.11 Å². The maximum Gasteiger partial charge on any atom is 0.307 e. The predicted molar refractivity (Wildman–Crippen MR) is 128 cm³/mol. The number of halogens is 1. The zero-order chi connectivity index (χ0) is 23.5. The lowest BCUT2D eigenvalue weighted by Crippen LogP contribution is -2.33. The average Bonchev–Trinajstić information content (AvgIpc) is 3.35.